The number of halogens is 7. The van der Waals surface area contributed by atoms with Crippen molar-refractivity contribution >= 4 is 33.0 Å². The zero-order valence-electron chi connectivity index (χ0n) is 30.0. The van der Waals surface area contributed by atoms with E-state index in [4.69, 9.17) is 9.84 Å². The molecule has 0 spiro atoms. The zero-order chi connectivity index (χ0) is 40.7. The van der Waals surface area contributed by atoms with Gasteiger partial charge in [-0.15, -0.1) is 11.3 Å². The van der Waals surface area contributed by atoms with Crippen LogP contribution in [0.25, 0.3) is 32.8 Å². The number of nitrogens with one attached hydrogen (secondary N) is 1. The highest BCUT2D eigenvalue weighted by Gasteiger charge is 2.51. The van der Waals surface area contributed by atoms with Crippen LogP contribution in [0, 0.1) is 23.6 Å². The number of ether oxygens (including phenoxy) is 1. The first-order chi connectivity index (χ1) is 26.8. The molecular formula is C41H33F7N2O5S2. The first-order valence-electron chi connectivity index (χ1n) is 18.0. The summed E-state index contributed by atoms with van der Waals surface area (Å²) in [6.45, 7) is 0. The van der Waals surface area contributed by atoms with Gasteiger partial charge in [-0.25, -0.2) is 14.2 Å². The maximum absolute atomic E-state index is 14.6. The molecule has 4 aromatic carbocycles. The predicted octanol–water partition coefficient (Wildman–Crippen LogP) is 11.3. The van der Waals surface area contributed by atoms with Crippen molar-refractivity contribution in [3.8, 4) is 38.6 Å². The summed E-state index contributed by atoms with van der Waals surface area (Å²) >= 11 is 0.522. The number of rotatable bonds is 9. The van der Waals surface area contributed by atoms with E-state index in [1.54, 1.807) is 0 Å². The Morgan fingerprint density at radius 1 is 0.807 bits per heavy atom. The molecule has 0 amide bonds. The maximum atomic E-state index is 14.6. The van der Waals surface area contributed by atoms with E-state index in [1.807, 2.05) is 29.0 Å². The third-order valence-corrected chi connectivity index (χ3v) is 13.9. The van der Waals surface area contributed by atoms with Gasteiger partial charge >= 0.3 is 18.3 Å². The third-order valence-electron chi connectivity index (χ3n) is 11.6. The molecule has 4 aliphatic rings. The Hall–Kier alpha value is -4.96. The maximum Gasteiger partial charge on any atom is 0.417 e. The van der Waals surface area contributed by atoms with Gasteiger partial charge in [-0.05, 0) is 108 Å². The highest BCUT2D eigenvalue weighted by molar-refractivity contribution is 7.92. The molecule has 5 aromatic rings. The van der Waals surface area contributed by atoms with Crippen molar-refractivity contribution in [1.29, 1.82) is 0 Å². The fourth-order valence-corrected chi connectivity index (χ4v) is 11.7. The predicted molar refractivity (Wildman–Crippen MR) is 199 cm³/mol. The number of carbonyl (C=O) groups is 1. The largest absolute Gasteiger partial charge is 0.495 e. The number of hydrogen-bond donors (Lipinski definition) is 2. The number of thiazole rings is 1. The number of benzene rings is 4. The van der Waals surface area contributed by atoms with Gasteiger partial charge in [0.05, 0.1) is 29.5 Å². The van der Waals surface area contributed by atoms with Gasteiger partial charge in [0, 0.05) is 17.0 Å². The first-order valence-corrected chi connectivity index (χ1v) is 20.3. The number of alkyl halides is 6. The molecule has 298 valence electrons. The molecule has 57 heavy (non-hydrogen) atoms. The second-order valence-corrected chi connectivity index (χ2v) is 17.7. The number of nitrogens with zero attached hydrogens (tertiary/aromatic N) is 1. The Balaban J connectivity index is 1.09. The third kappa shape index (κ3) is 7.26. The van der Waals surface area contributed by atoms with Crippen molar-refractivity contribution in [2.45, 2.75) is 61.3 Å². The molecule has 0 unspecified atom stereocenters. The topological polar surface area (TPSA) is 106 Å². The number of sulfonamides is 1. The van der Waals surface area contributed by atoms with Crippen LogP contribution < -0.4 is 9.46 Å². The number of carboxylic acid groups (broad SMARTS) is 1. The molecule has 1 aromatic heterocycles. The Labute approximate surface area is 326 Å². The number of hydrogen-bond acceptors (Lipinski definition) is 6. The summed E-state index contributed by atoms with van der Waals surface area (Å²) in [6.07, 6.45) is -2.78. The van der Waals surface area contributed by atoms with Crippen molar-refractivity contribution in [2.75, 3.05) is 11.8 Å². The van der Waals surface area contributed by atoms with Gasteiger partial charge < -0.3 is 9.84 Å². The smallest absolute Gasteiger partial charge is 0.417 e. The number of anilines is 1. The molecule has 1 heterocycles. The lowest BCUT2D eigenvalue weighted by Crippen LogP contribution is -2.48. The van der Waals surface area contributed by atoms with Crippen LogP contribution >= 0.6 is 11.3 Å². The Kier molecular flexibility index (Phi) is 9.45. The van der Waals surface area contributed by atoms with Crippen molar-refractivity contribution in [3.63, 3.8) is 0 Å². The summed E-state index contributed by atoms with van der Waals surface area (Å²) in [5.41, 5.74) is -3.08. The number of aromatic nitrogens is 1. The fraction of sp³-hybridized carbons (Fsp3) is 0.317. The van der Waals surface area contributed by atoms with Gasteiger partial charge in [-0.1, -0.05) is 48.5 Å². The first kappa shape index (κ1) is 38.9. The molecule has 4 saturated carbocycles. The standard InChI is InChI=1S/C41H33F7N2O5S2/c1-55-35-15-30(38(51)52)33(42)16-34(35)50-57(53,54)36-20-56-37(49-36)29-9-5-26(14-32(29)41(46,47)48)28-8-4-25(13-31(28)40(43,44)45)24-2-6-27(7-3-24)39-17-21-10-22(18-39)12-23(11-21)19-39/h2-9,13-16,20-23,50H,10-12,17-19H2,1H3,(H,51,52). The normalized spacial score (nSPS) is 21.8. The van der Waals surface area contributed by atoms with E-state index in [0.29, 0.717) is 29.0 Å². The molecule has 0 atom stereocenters. The number of aromatic carboxylic acids is 1. The summed E-state index contributed by atoms with van der Waals surface area (Å²) in [7, 11) is -3.62. The van der Waals surface area contributed by atoms with Crippen LogP contribution in [0.1, 0.15) is 65.6 Å². The van der Waals surface area contributed by atoms with E-state index in [0.717, 1.165) is 79.8 Å². The Morgan fingerprint density at radius 2 is 1.35 bits per heavy atom. The molecule has 9 rings (SSSR count). The van der Waals surface area contributed by atoms with Crippen LogP contribution in [0.4, 0.5) is 36.4 Å². The van der Waals surface area contributed by atoms with Crippen LogP contribution in [0.15, 0.2) is 83.2 Å². The minimum Gasteiger partial charge on any atom is -0.495 e. The minimum atomic E-state index is -5.10. The second kappa shape index (κ2) is 13.9. The molecule has 4 bridgehead atoms. The SMILES string of the molecule is COc1cc(C(=O)O)c(F)cc1NS(=O)(=O)c1csc(-c2ccc(-c3ccc(-c4ccc(C56CC7CC(CC(C7)C5)C6)cc4)cc3C(F)(F)F)cc2C(F)(F)F)n1. The summed E-state index contributed by atoms with van der Waals surface area (Å²) in [4.78, 5) is 15.2. The highest BCUT2D eigenvalue weighted by Crippen LogP contribution is 2.61. The Morgan fingerprint density at radius 3 is 1.93 bits per heavy atom. The lowest BCUT2D eigenvalue weighted by Gasteiger charge is -2.57. The van der Waals surface area contributed by atoms with Crippen LogP contribution in [0.5, 0.6) is 5.75 Å². The van der Waals surface area contributed by atoms with Crippen molar-refractivity contribution in [2.24, 2.45) is 17.8 Å². The lowest BCUT2D eigenvalue weighted by atomic mass is 9.48. The minimum absolute atomic E-state index is 0.106. The van der Waals surface area contributed by atoms with Gasteiger partial charge in [0.25, 0.3) is 10.0 Å². The van der Waals surface area contributed by atoms with Crippen LogP contribution in [-0.4, -0.2) is 31.6 Å². The van der Waals surface area contributed by atoms with E-state index in [9.17, 15) is 43.9 Å². The molecule has 0 saturated heterocycles. The fourth-order valence-electron chi connectivity index (χ4n) is 9.49. The number of methoxy groups -OCH3 is 1. The summed E-state index contributed by atoms with van der Waals surface area (Å²) in [5, 5.41) is 8.91. The van der Waals surface area contributed by atoms with E-state index < -0.39 is 77.7 Å². The van der Waals surface area contributed by atoms with Gasteiger partial charge in [-0.2, -0.15) is 34.8 Å². The average Bonchev–Trinajstić information content (AvgIpc) is 3.65. The van der Waals surface area contributed by atoms with Gasteiger partial charge in [-0.3, -0.25) is 4.72 Å². The summed E-state index contributed by atoms with van der Waals surface area (Å²) < 4.78 is 135. The average molecular weight is 831 g/mol. The van der Waals surface area contributed by atoms with Gasteiger partial charge in [0.1, 0.15) is 16.6 Å². The highest BCUT2D eigenvalue weighted by atomic mass is 32.2. The van der Waals surface area contributed by atoms with Crippen molar-refractivity contribution in [3.05, 3.63) is 106 Å². The number of carboxylic acids is 1. The molecule has 4 fully saturated rings. The van der Waals surface area contributed by atoms with E-state index in [1.165, 1.54) is 30.9 Å². The summed E-state index contributed by atoms with van der Waals surface area (Å²) in [5.74, 6) is -1.13. The van der Waals surface area contributed by atoms with E-state index in [-0.39, 0.29) is 22.3 Å². The summed E-state index contributed by atoms with van der Waals surface area (Å²) in [6, 6.07) is 15.1. The van der Waals surface area contributed by atoms with Gasteiger partial charge in [0.2, 0.25) is 0 Å². The molecule has 16 heteroatoms. The Bertz CT molecular complexity index is 2480. The lowest BCUT2D eigenvalue weighted by molar-refractivity contribution is -0.137. The second-order valence-electron chi connectivity index (χ2n) is 15.2. The van der Waals surface area contributed by atoms with Crippen molar-refractivity contribution in [1.82, 2.24) is 4.98 Å². The molecule has 7 nitrogen and oxygen atoms in total. The van der Waals surface area contributed by atoms with Crippen molar-refractivity contribution < 1.29 is 53.8 Å². The zero-order valence-corrected chi connectivity index (χ0v) is 31.6. The van der Waals surface area contributed by atoms with Crippen LogP contribution in [0.2, 0.25) is 0 Å². The van der Waals surface area contributed by atoms with Gasteiger partial charge in [0.15, 0.2) is 5.03 Å². The van der Waals surface area contributed by atoms with Crippen LogP contribution in [0.3, 0.4) is 0 Å². The quantitative estimate of drug-likeness (QED) is 0.143. The van der Waals surface area contributed by atoms with Crippen LogP contribution in [-0.2, 0) is 27.8 Å². The molecule has 4 aliphatic carbocycles. The molecule has 0 aliphatic heterocycles. The monoisotopic (exact) mass is 830 g/mol. The molecular weight excluding hydrogens is 798 g/mol. The molecule has 0 radical (unpaired) electrons. The van der Waals surface area contributed by atoms with E-state index >= 15 is 0 Å². The van der Waals surface area contributed by atoms with E-state index in [2.05, 4.69) is 4.98 Å². The molecule has 2 N–H and O–H groups in total.